The Labute approximate surface area is 247 Å². The van der Waals surface area contributed by atoms with Gasteiger partial charge in [0.25, 0.3) is 0 Å². The molecule has 1 aromatic heterocycles. The third kappa shape index (κ3) is 5.87. The normalized spacial score (nSPS) is 15.3. The maximum Gasteiger partial charge on any atom is 0.157 e. The molecule has 1 aliphatic rings. The van der Waals surface area contributed by atoms with Gasteiger partial charge in [-0.2, -0.15) is 0 Å². The van der Waals surface area contributed by atoms with E-state index < -0.39 is 6.23 Å². The molecule has 216 valence electrons. The summed E-state index contributed by atoms with van der Waals surface area (Å²) in [7, 11) is 2.08. The summed E-state index contributed by atoms with van der Waals surface area (Å²) < 4.78 is 20.3. The number of rotatable bonds is 10. The number of fused-ring (bicyclic) bond motifs is 2. The molecular weight excluding hydrogens is 524 g/mol. The predicted molar refractivity (Wildman–Crippen MR) is 168 cm³/mol. The highest BCUT2D eigenvalue weighted by Gasteiger charge is 2.24. The molecule has 0 saturated carbocycles. The average Bonchev–Trinajstić information content (AvgIpc) is 3.29. The Bertz CT molecular complexity index is 1650. The first-order chi connectivity index (χ1) is 20.5. The molecule has 0 aliphatic carbocycles. The summed E-state index contributed by atoms with van der Waals surface area (Å²) in [5.41, 5.74) is 7.50. The number of nitrogens with zero attached hydrogens (tertiary/aromatic N) is 2. The third-order valence-corrected chi connectivity index (χ3v) is 8.05. The van der Waals surface area contributed by atoms with E-state index in [0.29, 0.717) is 19.8 Å². The minimum Gasteiger partial charge on any atom is -0.490 e. The summed E-state index contributed by atoms with van der Waals surface area (Å²) in [6.45, 7) is 6.54. The van der Waals surface area contributed by atoms with Crippen molar-refractivity contribution in [3.63, 3.8) is 0 Å². The Morgan fingerprint density at radius 2 is 1.69 bits per heavy atom. The molecule has 0 bridgehead atoms. The second-order valence-electron chi connectivity index (χ2n) is 11.1. The number of hydrogen-bond acceptors (Lipinski definition) is 5. The molecule has 5 aromatic rings. The summed E-state index contributed by atoms with van der Waals surface area (Å²) in [6, 6.07) is 32.5. The number of anilines is 1. The lowest BCUT2D eigenvalue weighted by Crippen LogP contribution is -2.41. The van der Waals surface area contributed by atoms with Crippen LogP contribution < -0.4 is 14.4 Å². The molecule has 4 aromatic carbocycles. The monoisotopic (exact) mass is 562 g/mol. The zero-order chi connectivity index (χ0) is 29.1. The summed E-state index contributed by atoms with van der Waals surface area (Å²) in [4.78, 5) is 2.21. The van der Waals surface area contributed by atoms with Crippen LogP contribution in [0.3, 0.4) is 0 Å². The van der Waals surface area contributed by atoms with Gasteiger partial charge in [0.2, 0.25) is 0 Å². The van der Waals surface area contributed by atoms with Crippen molar-refractivity contribution in [1.29, 1.82) is 0 Å². The van der Waals surface area contributed by atoms with E-state index in [9.17, 15) is 5.11 Å². The average molecular weight is 563 g/mol. The molecule has 0 saturated heterocycles. The van der Waals surface area contributed by atoms with Crippen LogP contribution in [0, 0.1) is 13.8 Å². The van der Waals surface area contributed by atoms with Gasteiger partial charge in [-0.25, -0.2) is 0 Å². The van der Waals surface area contributed by atoms with Gasteiger partial charge in [-0.15, -0.1) is 0 Å². The molecule has 0 spiro atoms. The SMILES string of the molecule is Cc1ccc2c(c1)O[C@H](COc1ccc(C(O)n3c(C)c(CCOCc4ccccc4)c4ccccc43)cc1)CN2C. The minimum absolute atomic E-state index is 0.0708. The van der Waals surface area contributed by atoms with Crippen molar-refractivity contribution in [2.45, 2.75) is 39.2 Å². The number of likely N-dealkylation sites (N-methyl/N-ethyl adjacent to an activating group) is 1. The fraction of sp³-hybridized carbons (Fsp3) is 0.278. The molecule has 1 aliphatic heterocycles. The molecule has 42 heavy (non-hydrogen) atoms. The van der Waals surface area contributed by atoms with Crippen molar-refractivity contribution in [3.05, 3.63) is 125 Å². The second-order valence-corrected chi connectivity index (χ2v) is 11.1. The quantitative estimate of drug-likeness (QED) is 0.189. The molecule has 2 heterocycles. The third-order valence-electron chi connectivity index (χ3n) is 8.05. The van der Waals surface area contributed by atoms with Crippen LogP contribution in [0.5, 0.6) is 11.5 Å². The molecule has 6 rings (SSSR count). The molecule has 1 N–H and O–H groups in total. The Morgan fingerprint density at radius 3 is 2.50 bits per heavy atom. The van der Waals surface area contributed by atoms with Crippen LogP contribution in [-0.2, 0) is 17.8 Å². The van der Waals surface area contributed by atoms with E-state index in [1.165, 1.54) is 16.7 Å². The minimum atomic E-state index is -0.821. The van der Waals surface area contributed by atoms with Crippen LogP contribution in [0.4, 0.5) is 5.69 Å². The van der Waals surface area contributed by atoms with E-state index in [0.717, 1.165) is 52.3 Å². The van der Waals surface area contributed by atoms with Crippen LogP contribution in [0.2, 0.25) is 0 Å². The number of aryl methyl sites for hydroxylation is 1. The number of aromatic nitrogens is 1. The summed E-state index contributed by atoms with van der Waals surface area (Å²) in [6.07, 6.45) is -0.120. The first kappa shape index (κ1) is 27.9. The van der Waals surface area contributed by atoms with Gasteiger partial charge in [0.05, 0.1) is 31.0 Å². The van der Waals surface area contributed by atoms with Crippen molar-refractivity contribution >= 4 is 16.6 Å². The van der Waals surface area contributed by atoms with Crippen LogP contribution in [0.15, 0.2) is 97.1 Å². The van der Waals surface area contributed by atoms with Gasteiger partial charge < -0.3 is 28.8 Å². The number of benzene rings is 4. The zero-order valence-electron chi connectivity index (χ0n) is 24.5. The Balaban J connectivity index is 1.12. The van der Waals surface area contributed by atoms with Crippen LogP contribution in [0.25, 0.3) is 10.9 Å². The van der Waals surface area contributed by atoms with Crippen LogP contribution in [0.1, 0.15) is 34.2 Å². The van der Waals surface area contributed by atoms with Gasteiger partial charge >= 0.3 is 0 Å². The number of aliphatic hydroxyl groups is 1. The molecule has 0 amide bonds. The highest BCUT2D eigenvalue weighted by Crippen LogP contribution is 2.34. The molecule has 6 nitrogen and oxygen atoms in total. The Kier molecular flexibility index (Phi) is 8.17. The smallest absolute Gasteiger partial charge is 0.157 e. The van der Waals surface area contributed by atoms with Gasteiger partial charge in [0.1, 0.15) is 24.2 Å². The Morgan fingerprint density at radius 1 is 0.929 bits per heavy atom. The van der Waals surface area contributed by atoms with E-state index in [-0.39, 0.29) is 6.10 Å². The standard InChI is InChI=1S/C36H38N2O4/c1-25-13-18-34-35(21-25)42-30(22-37(34)3)24-41-29-16-14-28(15-17-29)36(39)38-26(2)31(32-11-7-8-12-33(32)38)19-20-40-23-27-9-5-4-6-10-27/h4-18,21,30,36,39H,19-20,22-24H2,1-3H3/t30-,36?/m0/s1. The summed E-state index contributed by atoms with van der Waals surface area (Å²) in [5.74, 6) is 1.64. The fourth-order valence-electron chi connectivity index (χ4n) is 5.84. The number of aliphatic hydroxyl groups excluding tert-OH is 1. The van der Waals surface area contributed by atoms with Crippen LogP contribution >= 0.6 is 0 Å². The van der Waals surface area contributed by atoms with E-state index >= 15 is 0 Å². The maximum absolute atomic E-state index is 11.5. The van der Waals surface area contributed by atoms with Gasteiger partial charge in [0.15, 0.2) is 6.23 Å². The molecule has 2 atom stereocenters. The van der Waals surface area contributed by atoms with E-state index in [2.05, 4.69) is 68.3 Å². The molecule has 0 radical (unpaired) electrons. The highest BCUT2D eigenvalue weighted by atomic mass is 16.5. The van der Waals surface area contributed by atoms with E-state index in [4.69, 9.17) is 14.2 Å². The second kappa shape index (κ2) is 12.3. The first-order valence-electron chi connectivity index (χ1n) is 14.6. The van der Waals surface area contributed by atoms with Gasteiger partial charge in [-0.05, 0) is 67.3 Å². The van der Waals surface area contributed by atoms with Crippen molar-refractivity contribution in [1.82, 2.24) is 4.57 Å². The zero-order valence-corrected chi connectivity index (χ0v) is 24.5. The first-order valence-corrected chi connectivity index (χ1v) is 14.6. The largest absolute Gasteiger partial charge is 0.490 e. The van der Waals surface area contributed by atoms with E-state index in [1.54, 1.807) is 0 Å². The van der Waals surface area contributed by atoms with Gasteiger partial charge in [0, 0.05) is 23.7 Å². The molecule has 1 unspecified atom stereocenters. The fourth-order valence-corrected chi connectivity index (χ4v) is 5.84. The lowest BCUT2D eigenvalue weighted by Gasteiger charge is -2.33. The number of ether oxygens (including phenoxy) is 3. The topological polar surface area (TPSA) is 56.1 Å². The molecule has 6 heteroatoms. The highest BCUT2D eigenvalue weighted by molar-refractivity contribution is 5.85. The van der Waals surface area contributed by atoms with Gasteiger partial charge in [-0.1, -0.05) is 66.7 Å². The van der Waals surface area contributed by atoms with Crippen molar-refractivity contribution in [3.8, 4) is 11.5 Å². The van der Waals surface area contributed by atoms with Gasteiger partial charge in [-0.3, -0.25) is 0 Å². The lowest BCUT2D eigenvalue weighted by molar-refractivity contribution is 0.123. The van der Waals surface area contributed by atoms with Crippen molar-refractivity contribution in [2.75, 3.05) is 31.7 Å². The van der Waals surface area contributed by atoms with E-state index in [1.807, 2.05) is 59.2 Å². The van der Waals surface area contributed by atoms with Crippen molar-refractivity contribution in [2.24, 2.45) is 0 Å². The molecule has 0 fully saturated rings. The Hall–Kier alpha value is -4.26. The molecular formula is C36H38N2O4. The van der Waals surface area contributed by atoms with Crippen LogP contribution in [-0.4, -0.2) is 42.6 Å². The lowest BCUT2D eigenvalue weighted by atomic mass is 10.1. The summed E-state index contributed by atoms with van der Waals surface area (Å²) >= 11 is 0. The maximum atomic E-state index is 11.5. The van der Waals surface area contributed by atoms with Crippen molar-refractivity contribution < 1.29 is 19.3 Å². The predicted octanol–water partition coefficient (Wildman–Crippen LogP) is 6.83. The number of para-hydroxylation sites is 1. The number of hydrogen-bond donors (Lipinski definition) is 1. The summed E-state index contributed by atoms with van der Waals surface area (Å²) in [5, 5.41) is 12.7.